The number of rotatable bonds is 1. The Balaban J connectivity index is 1.61. The number of aliphatic hydroxyl groups excluding tert-OH is 1. The summed E-state index contributed by atoms with van der Waals surface area (Å²) >= 11 is 0. The van der Waals surface area contributed by atoms with Gasteiger partial charge in [-0.05, 0) is 91.8 Å². The fraction of sp³-hybridized carbons (Fsp3) is 0.833. The van der Waals surface area contributed by atoms with E-state index < -0.39 is 0 Å². The summed E-state index contributed by atoms with van der Waals surface area (Å²) in [5.74, 6) is 2.45. The second-order valence-corrected chi connectivity index (χ2v) is 14.1. The van der Waals surface area contributed by atoms with Crippen LogP contribution in [0.5, 0.6) is 0 Å². The number of carbonyl (C=O) groups is 1. The molecule has 5 aliphatic rings. The maximum absolute atomic E-state index is 12.9. The van der Waals surface area contributed by atoms with Crippen LogP contribution in [0.4, 0.5) is 0 Å². The molecule has 9 unspecified atom stereocenters. The van der Waals surface area contributed by atoms with Crippen LogP contribution in [0.3, 0.4) is 0 Å². The van der Waals surface area contributed by atoms with Crippen LogP contribution in [0.15, 0.2) is 23.8 Å². The molecule has 32 heavy (non-hydrogen) atoms. The van der Waals surface area contributed by atoms with Crippen LogP contribution in [0.2, 0.25) is 0 Å². The Morgan fingerprint density at radius 2 is 1.69 bits per heavy atom. The van der Waals surface area contributed by atoms with Crippen LogP contribution in [-0.4, -0.2) is 17.0 Å². The van der Waals surface area contributed by atoms with Gasteiger partial charge in [-0.25, -0.2) is 0 Å². The minimum atomic E-state index is -0.219. The summed E-state index contributed by atoms with van der Waals surface area (Å²) in [6.07, 6.45) is 11.0. The van der Waals surface area contributed by atoms with Crippen LogP contribution in [-0.2, 0) is 4.79 Å². The van der Waals surface area contributed by atoms with Gasteiger partial charge in [-0.15, -0.1) is 0 Å². The van der Waals surface area contributed by atoms with Crippen LogP contribution >= 0.6 is 0 Å². The molecule has 0 heterocycles. The number of carbonyl (C=O) groups excluding carboxylic acids is 1. The zero-order chi connectivity index (χ0) is 23.5. The average molecular weight is 439 g/mol. The van der Waals surface area contributed by atoms with E-state index in [9.17, 15) is 9.90 Å². The van der Waals surface area contributed by atoms with E-state index in [0.29, 0.717) is 29.5 Å². The standard InChI is InChI=1S/C30H46O2/c1-18(2)19-17-24(32)28(6)15-16-29(7)20(25(19)28)9-10-22-27(5)13-12-23(31)26(3,4)21(27)11-14-30(22,29)8/h9,19,21-22,24-25,32H,1,10-17H2,2-8H3. The van der Waals surface area contributed by atoms with Crippen molar-refractivity contribution in [3.63, 3.8) is 0 Å². The van der Waals surface area contributed by atoms with Crippen molar-refractivity contribution < 1.29 is 9.90 Å². The Morgan fingerprint density at radius 1 is 1.00 bits per heavy atom. The number of allylic oxidation sites excluding steroid dienone is 3. The van der Waals surface area contributed by atoms with Crippen molar-refractivity contribution in [2.75, 3.05) is 0 Å². The van der Waals surface area contributed by atoms with Crippen molar-refractivity contribution in [2.45, 2.75) is 106 Å². The Morgan fingerprint density at radius 3 is 2.34 bits per heavy atom. The van der Waals surface area contributed by atoms with Gasteiger partial charge < -0.3 is 5.11 Å². The molecular weight excluding hydrogens is 392 g/mol. The van der Waals surface area contributed by atoms with Crippen molar-refractivity contribution in [2.24, 2.45) is 50.7 Å². The molecule has 0 radical (unpaired) electrons. The van der Waals surface area contributed by atoms with Gasteiger partial charge in [0.1, 0.15) is 5.78 Å². The summed E-state index contributed by atoms with van der Waals surface area (Å²) in [6, 6.07) is 0. The zero-order valence-electron chi connectivity index (χ0n) is 21.7. The van der Waals surface area contributed by atoms with E-state index in [1.807, 2.05) is 0 Å². The lowest BCUT2D eigenvalue weighted by atomic mass is 9.34. The fourth-order valence-electron chi connectivity index (χ4n) is 10.5. The first-order valence-corrected chi connectivity index (χ1v) is 13.3. The molecule has 2 nitrogen and oxygen atoms in total. The molecule has 4 saturated carbocycles. The second kappa shape index (κ2) is 6.61. The lowest BCUT2D eigenvalue weighted by Gasteiger charge is -2.70. The smallest absolute Gasteiger partial charge is 0.138 e. The molecule has 0 aliphatic heterocycles. The van der Waals surface area contributed by atoms with Gasteiger partial charge in [-0.1, -0.05) is 65.3 Å². The predicted octanol–water partition coefficient (Wildman–Crippen LogP) is 7.12. The highest BCUT2D eigenvalue weighted by Gasteiger charge is 2.69. The van der Waals surface area contributed by atoms with Crippen LogP contribution in [0.25, 0.3) is 0 Å². The van der Waals surface area contributed by atoms with Gasteiger partial charge in [0, 0.05) is 17.3 Å². The van der Waals surface area contributed by atoms with Crippen molar-refractivity contribution >= 4 is 5.78 Å². The molecule has 0 aromatic rings. The van der Waals surface area contributed by atoms with Gasteiger partial charge in [0.15, 0.2) is 0 Å². The number of ketones is 1. The molecule has 178 valence electrons. The number of hydrogen-bond donors (Lipinski definition) is 1. The number of Topliss-reactive ketones (excluding diaryl/α,β-unsaturated/α-hetero) is 1. The molecule has 0 amide bonds. The minimum Gasteiger partial charge on any atom is -0.393 e. The third-order valence-corrected chi connectivity index (χ3v) is 12.7. The Kier molecular flexibility index (Phi) is 4.73. The van der Waals surface area contributed by atoms with E-state index in [0.717, 1.165) is 32.1 Å². The topological polar surface area (TPSA) is 37.3 Å². The zero-order valence-corrected chi connectivity index (χ0v) is 21.7. The molecule has 0 aromatic carbocycles. The molecular formula is C30H46O2. The lowest BCUT2D eigenvalue weighted by Crippen LogP contribution is -2.63. The van der Waals surface area contributed by atoms with Crippen LogP contribution < -0.4 is 0 Å². The van der Waals surface area contributed by atoms with Crippen molar-refractivity contribution in [3.8, 4) is 0 Å². The average Bonchev–Trinajstić information content (AvgIpc) is 2.97. The van der Waals surface area contributed by atoms with E-state index in [1.54, 1.807) is 5.57 Å². The lowest BCUT2D eigenvalue weighted by molar-refractivity contribution is -0.183. The highest BCUT2D eigenvalue weighted by atomic mass is 16.3. The number of fused-ring (bicyclic) bond motifs is 7. The summed E-state index contributed by atoms with van der Waals surface area (Å²) < 4.78 is 0. The Bertz CT molecular complexity index is 897. The van der Waals surface area contributed by atoms with Gasteiger partial charge in [-0.2, -0.15) is 0 Å². The maximum Gasteiger partial charge on any atom is 0.138 e. The van der Waals surface area contributed by atoms with Gasteiger partial charge in [-0.3, -0.25) is 4.79 Å². The van der Waals surface area contributed by atoms with Crippen molar-refractivity contribution in [1.29, 1.82) is 0 Å². The molecule has 0 aromatic heterocycles. The predicted molar refractivity (Wildman–Crippen MR) is 131 cm³/mol. The highest BCUT2D eigenvalue weighted by Crippen LogP contribution is 2.75. The quantitative estimate of drug-likeness (QED) is 0.442. The maximum atomic E-state index is 12.9. The van der Waals surface area contributed by atoms with Gasteiger partial charge >= 0.3 is 0 Å². The molecule has 5 rings (SSSR count). The highest BCUT2D eigenvalue weighted by molar-refractivity contribution is 5.85. The SMILES string of the molecule is C=C(C)C1CC(O)C2(C)CCC3(C)C(=CCC4C5(C)CCC(=O)C(C)(C)C5CCC43C)C12. The van der Waals surface area contributed by atoms with E-state index in [2.05, 4.69) is 61.1 Å². The van der Waals surface area contributed by atoms with Gasteiger partial charge in [0.2, 0.25) is 0 Å². The molecule has 0 spiro atoms. The first kappa shape index (κ1) is 22.9. The Hall–Kier alpha value is -0.890. The molecule has 9 atom stereocenters. The summed E-state index contributed by atoms with van der Waals surface area (Å²) in [5.41, 5.74) is 3.37. The number of hydrogen-bond acceptors (Lipinski definition) is 2. The van der Waals surface area contributed by atoms with Crippen molar-refractivity contribution in [3.05, 3.63) is 23.8 Å². The second-order valence-electron chi connectivity index (χ2n) is 14.1. The van der Waals surface area contributed by atoms with E-state index >= 15 is 0 Å². The first-order valence-electron chi connectivity index (χ1n) is 13.3. The molecule has 2 heteroatoms. The van der Waals surface area contributed by atoms with E-state index in [-0.39, 0.29) is 33.2 Å². The fourth-order valence-corrected chi connectivity index (χ4v) is 10.5. The Labute approximate surface area is 196 Å². The summed E-state index contributed by atoms with van der Waals surface area (Å²) in [7, 11) is 0. The molecule has 0 bridgehead atoms. The number of aliphatic hydroxyl groups is 1. The van der Waals surface area contributed by atoms with E-state index in [4.69, 9.17) is 0 Å². The third-order valence-electron chi connectivity index (χ3n) is 12.7. The summed E-state index contributed by atoms with van der Waals surface area (Å²) in [6.45, 7) is 21.1. The largest absolute Gasteiger partial charge is 0.393 e. The monoisotopic (exact) mass is 438 g/mol. The third kappa shape index (κ3) is 2.49. The molecule has 5 aliphatic carbocycles. The van der Waals surface area contributed by atoms with Crippen LogP contribution in [0, 0.1) is 50.7 Å². The minimum absolute atomic E-state index is 0.0154. The van der Waals surface area contributed by atoms with Gasteiger partial charge in [0.25, 0.3) is 0 Å². The first-order chi connectivity index (χ1) is 14.7. The normalized spacial score (nSPS) is 54.1. The molecule has 0 saturated heterocycles. The summed E-state index contributed by atoms with van der Waals surface area (Å²) in [4.78, 5) is 12.9. The summed E-state index contributed by atoms with van der Waals surface area (Å²) in [5, 5.41) is 11.2. The molecule has 1 N–H and O–H groups in total. The van der Waals surface area contributed by atoms with Gasteiger partial charge in [0.05, 0.1) is 6.10 Å². The van der Waals surface area contributed by atoms with E-state index in [1.165, 1.54) is 24.8 Å². The van der Waals surface area contributed by atoms with Crippen molar-refractivity contribution in [1.82, 2.24) is 0 Å². The van der Waals surface area contributed by atoms with Crippen LogP contribution in [0.1, 0.15) is 99.8 Å². The molecule has 4 fully saturated rings.